The van der Waals surface area contributed by atoms with Gasteiger partial charge in [-0.25, -0.2) is 9.07 Å². The molecule has 1 amide bonds. The fourth-order valence-electron chi connectivity index (χ4n) is 2.33. The number of benzene rings is 2. The molecular weight excluding hydrogens is 357 g/mol. The van der Waals surface area contributed by atoms with Crippen molar-refractivity contribution in [1.29, 1.82) is 0 Å². The molecule has 0 unspecified atom stereocenters. The van der Waals surface area contributed by atoms with Gasteiger partial charge in [0.15, 0.2) is 6.10 Å². The third kappa shape index (κ3) is 4.40. The summed E-state index contributed by atoms with van der Waals surface area (Å²) in [5.41, 5.74) is 1.49. The van der Waals surface area contributed by atoms with Crippen molar-refractivity contribution >= 4 is 17.5 Å². The average Bonchev–Trinajstić information content (AvgIpc) is 3.01. The van der Waals surface area contributed by atoms with Gasteiger partial charge in [-0.2, -0.15) is 0 Å². The molecule has 26 heavy (non-hydrogen) atoms. The summed E-state index contributed by atoms with van der Waals surface area (Å²) < 4.78 is 20.3. The molecule has 1 N–H and O–H groups in total. The van der Waals surface area contributed by atoms with Gasteiger partial charge in [0.25, 0.3) is 11.8 Å². The van der Waals surface area contributed by atoms with Gasteiger partial charge >= 0.3 is 0 Å². The van der Waals surface area contributed by atoms with E-state index >= 15 is 0 Å². The van der Waals surface area contributed by atoms with Crippen LogP contribution >= 0.6 is 11.6 Å². The van der Waals surface area contributed by atoms with Crippen LogP contribution in [-0.2, 0) is 11.3 Å². The molecule has 1 heterocycles. The third-order valence-corrected chi connectivity index (χ3v) is 3.93. The molecule has 134 valence electrons. The van der Waals surface area contributed by atoms with Crippen LogP contribution in [0.5, 0.6) is 5.88 Å². The summed E-state index contributed by atoms with van der Waals surface area (Å²) in [6.45, 7) is 1.80. The first-order valence-electron chi connectivity index (χ1n) is 8.02. The monoisotopic (exact) mass is 373 g/mol. The number of para-hydroxylation sites is 1. The topological polar surface area (TPSA) is 56.2 Å². The zero-order valence-corrected chi connectivity index (χ0v) is 14.8. The third-order valence-electron chi connectivity index (χ3n) is 3.67. The van der Waals surface area contributed by atoms with Gasteiger partial charge in [-0.3, -0.25) is 4.79 Å². The van der Waals surface area contributed by atoms with E-state index in [0.717, 1.165) is 5.69 Å². The van der Waals surface area contributed by atoms with Crippen molar-refractivity contribution in [1.82, 2.24) is 15.1 Å². The Labute approximate surface area is 155 Å². The summed E-state index contributed by atoms with van der Waals surface area (Å²) in [4.78, 5) is 12.2. The van der Waals surface area contributed by atoms with Crippen molar-refractivity contribution in [3.63, 3.8) is 0 Å². The Morgan fingerprint density at radius 3 is 2.77 bits per heavy atom. The minimum Gasteiger partial charge on any atom is -0.462 e. The molecule has 0 aliphatic heterocycles. The Bertz CT molecular complexity index is 899. The molecule has 1 atom stereocenters. The highest BCUT2D eigenvalue weighted by Gasteiger charge is 2.18. The summed E-state index contributed by atoms with van der Waals surface area (Å²) in [5.74, 6) is -0.525. The van der Waals surface area contributed by atoms with Gasteiger partial charge in [0.2, 0.25) is 0 Å². The fraction of sp³-hybridized carbons (Fsp3) is 0.158. The number of nitrogens with zero attached hydrogens (tertiary/aromatic N) is 2. The molecule has 7 heteroatoms. The number of hydrogen-bond donors (Lipinski definition) is 1. The molecule has 0 saturated heterocycles. The van der Waals surface area contributed by atoms with Gasteiger partial charge in [0.1, 0.15) is 10.8 Å². The summed E-state index contributed by atoms with van der Waals surface area (Å²) >= 11 is 6.15. The van der Waals surface area contributed by atoms with E-state index < -0.39 is 6.10 Å². The zero-order valence-electron chi connectivity index (χ0n) is 14.0. The molecular formula is C19H17ClFN3O2. The van der Waals surface area contributed by atoms with E-state index in [-0.39, 0.29) is 24.1 Å². The minimum absolute atomic E-state index is 0.170. The lowest BCUT2D eigenvalue weighted by atomic mass is 10.2. The first-order chi connectivity index (χ1) is 12.5. The van der Waals surface area contributed by atoms with Crippen molar-refractivity contribution in [2.75, 3.05) is 0 Å². The first-order valence-corrected chi connectivity index (χ1v) is 8.40. The first kappa shape index (κ1) is 17.9. The predicted octanol–water partition coefficient (Wildman–Crippen LogP) is 3.75. The molecule has 3 rings (SSSR count). The van der Waals surface area contributed by atoms with E-state index in [1.165, 1.54) is 12.1 Å². The maximum Gasteiger partial charge on any atom is 0.261 e. The summed E-state index contributed by atoms with van der Waals surface area (Å²) in [6.07, 6.45) is 0.809. The van der Waals surface area contributed by atoms with E-state index in [0.29, 0.717) is 10.6 Å². The van der Waals surface area contributed by atoms with Gasteiger partial charge in [0.05, 0.1) is 11.9 Å². The normalized spacial score (nSPS) is 11.8. The maximum absolute atomic E-state index is 13.2. The summed E-state index contributed by atoms with van der Waals surface area (Å²) in [7, 11) is 0. The van der Waals surface area contributed by atoms with E-state index in [1.54, 1.807) is 29.9 Å². The molecule has 1 aromatic heterocycles. The van der Waals surface area contributed by atoms with Crippen molar-refractivity contribution in [3.05, 3.63) is 77.2 Å². The summed E-state index contributed by atoms with van der Waals surface area (Å²) in [5, 5.41) is 7.27. The Morgan fingerprint density at radius 2 is 2.04 bits per heavy atom. The van der Waals surface area contributed by atoms with Crippen LogP contribution in [0.1, 0.15) is 12.5 Å². The van der Waals surface area contributed by atoms with Gasteiger partial charge in [-0.05, 0) is 36.8 Å². The number of carbonyl (C=O) groups is 1. The van der Waals surface area contributed by atoms with Crippen LogP contribution in [0.2, 0.25) is 5.02 Å². The highest BCUT2D eigenvalue weighted by molar-refractivity contribution is 6.31. The second-order valence-electron chi connectivity index (χ2n) is 5.67. The molecule has 0 aliphatic carbocycles. The maximum atomic E-state index is 13.2. The van der Waals surface area contributed by atoms with Crippen molar-refractivity contribution in [2.24, 2.45) is 0 Å². The van der Waals surface area contributed by atoms with Crippen LogP contribution in [0.25, 0.3) is 5.69 Å². The zero-order chi connectivity index (χ0) is 18.5. The van der Waals surface area contributed by atoms with E-state index in [2.05, 4.69) is 10.4 Å². The molecule has 3 aromatic rings. The van der Waals surface area contributed by atoms with Crippen LogP contribution < -0.4 is 10.1 Å². The van der Waals surface area contributed by atoms with E-state index in [1.807, 2.05) is 30.3 Å². The van der Waals surface area contributed by atoms with Crippen LogP contribution in [0.15, 0.2) is 60.8 Å². The number of carbonyl (C=O) groups excluding carboxylic acids is 1. The number of rotatable bonds is 6. The molecule has 0 radical (unpaired) electrons. The molecule has 0 fully saturated rings. The molecule has 0 aliphatic rings. The van der Waals surface area contributed by atoms with E-state index in [9.17, 15) is 9.18 Å². The number of nitrogens with one attached hydrogen (secondary N) is 1. The predicted molar refractivity (Wildman–Crippen MR) is 96.9 cm³/mol. The van der Waals surface area contributed by atoms with Crippen molar-refractivity contribution in [2.45, 2.75) is 19.6 Å². The Balaban J connectivity index is 1.61. The second-order valence-corrected chi connectivity index (χ2v) is 6.08. The Hall–Kier alpha value is -2.86. The van der Waals surface area contributed by atoms with Gasteiger partial charge in [0, 0.05) is 6.54 Å². The fourth-order valence-corrected chi connectivity index (χ4v) is 2.51. The number of hydrogen-bond acceptors (Lipinski definition) is 3. The molecule has 5 nitrogen and oxygen atoms in total. The second kappa shape index (κ2) is 8.01. The number of halogens is 2. The lowest BCUT2D eigenvalue weighted by Gasteiger charge is -2.13. The summed E-state index contributed by atoms with van der Waals surface area (Å²) in [6, 6.07) is 15.5. The smallest absolute Gasteiger partial charge is 0.261 e. The molecule has 0 spiro atoms. The van der Waals surface area contributed by atoms with Crippen LogP contribution in [0.3, 0.4) is 0 Å². The Morgan fingerprint density at radius 1 is 1.27 bits per heavy atom. The van der Waals surface area contributed by atoms with Crippen molar-refractivity contribution in [3.8, 4) is 11.6 Å². The lowest BCUT2D eigenvalue weighted by molar-refractivity contribution is -0.127. The highest BCUT2D eigenvalue weighted by Crippen LogP contribution is 2.25. The number of ether oxygens (including phenoxy) is 1. The highest BCUT2D eigenvalue weighted by atomic mass is 35.5. The van der Waals surface area contributed by atoms with Gasteiger partial charge in [-0.1, -0.05) is 41.9 Å². The Kier molecular flexibility index (Phi) is 5.53. The largest absolute Gasteiger partial charge is 0.462 e. The average molecular weight is 374 g/mol. The molecule has 2 aromatic carbocycles. The minimum atomic E-state index is -0.805. The van der Waals surface area contributed by atoms with E-state index in [4.69, 9.17) is 16.3 Å². The van der Waals surface area contributed by atoms with Crippen molar-refractivity contribution < 1.29 is 13.9 Å². The molecule has 0 bridgehead atoms. The van der Waals surface area contributed by atoms with Gasteiger partial charge < -0.3 is 10.1 Å². The lowest BCUT2D eigenvalue weighted by Crippen LogP contribution is -2.36. The SMILES string of the molecule is C[C@@H](Oc1nn(-c2ccccc2)cc1Cl)C(=O)NCc1cccc(F)c1. The number of amides is 1. The standard InChI is InChI=1S/C19H17ClFN3O2/c1-13(18(25)22-11-14-6-5-7-15(21)10-14)26-19-17(20)12-24(23-19)16-8-3-2-4-9-16/h2-10,12-13H,11H2,1H3,(H,22,25)/t13-/m1/s1. The van der Waals surface area contributed by atoms with Gasteiger partial charge in [-0.15, -0.1) is 5.10 Å². The van der Waals surface area contributed by atoms with Crippen LogP contribution in [0.4, 0.5) is 4.39 Å². The van der Waals surface area contributed by atoms with Crippen LogP contribution in [-0.4, -0.2) is 21.8 Å². The molecule has 0 saturated carbocycles. The van der Waals surface area contributed by atoms with Crippen LogP contribution in [0, 0.1) is 5.82 Å². The number of aromatic nitrogens is 2. The quantitative estimate of drug-likeness (QED) is 0.716.